The summed E-state index contributed by atoms with van der Waals surface area (Å²) < 4.78 is 15.9. The second kappa shape index (κ2) is 7.46. The highest BCUT2D eigenvalue weighted by atomic mass is 32.1. The van der Waals surface area contributed by atoms with Crippen LogP contribution in [-0.4, -0.2) is 64.9 Å². The van der Waals surface area contributed by atoms with Gasteiger partial charge < -0.3 is 14.8 Å². The number of carbonyl (C=O) groups excluding carboxylic acids is 2. The van der Waals surface area contributed by atoms with Gasteiger partial charge in [-0.25, -0.2) is 14.4 Å². The van der Waals surface area contributed by atoms with Gasteiger partial charge in [0.05, 0.1) is 38.0 Å². The number of aromatic amines is 1. The fourth-order valence-corrected chi connectivity index (χ4v) is 5.31. The lowest BCUT2D eigenvalue weighted by atomic mass is 9.98. The lowest BCUT2D eigenvalue weighted by Crippen LogP contribution is -2.45. The van der Waals surface area contributed by atoms with Crippen molar-refractivity contribution < 1.29 is 14.0 Å². The Kier molecular flexibility index (Phi) is 4.52. The minimum atomic E-state index is -0.589. The van der Waals surface area contributed by atoms with Gasteiger partial charge in [0, 0.05) is 37.9 Å². The van der Waals surface area contributed by atoms with Crippen LogP contribution in [0.4, 0.5) is 10.3 Å². The first-order valence-electron chi connectivity index (χ1n) is 10.6. The average Bonchev–Trinajstić information content (AvgIpc) is 3.48. The highest BCUT2D eigenvalue weighted by Crippen LogP contribution is 2.39. The summed E-state index contributed by atoms with van der Waals surface area (Å²) in [5, 5.41) is 4.42. The van der Waals surface area contributed by atoms with Gasteiger partial charge in [0.1, 0.15) is 5.82 Å². The van der Waals surface area contributed by atoms with E-state index in [2.05, 4.69) is 25.2 Å². The van der Waals surface area contributed by atoms with E-state index in [0.717, 1.165) is 23.3 Å². The van der Waals surface area contributed by atoms with Gasteiger partial charge in [0.25, 0.3) is 11.8 Å². The van der Waals surface area contributed by atoms with Crippen LogP contribution in [0, 0.1) is 5.82 Å². The number of likely N-dealkylation sites (N-methyl/N-ethyl adjacent to an activating group) is 1. The Labute approximate surface area is 191 Å². The molecular formula is C23H19FN6O2S. The molecular weight excluding hydrogens is 443 g/mol. The Morgan fingerprint density at radius 2 is 1.82 bits per heavy atom. The predicted octanol–water partition coefficient (Wildman–Crippen LogP) is 2.63. The smallest absolute Gasteiger partial charge is 0.261 e. The van der Waals surface area contributed by atoms with Crippen LogP contribution < -0.4 is 10.2 Å². The molecule has 0 saturated carbocycles. The molecule has 2 aliphatic rings. The number of nitrogens with zero attached hydrogens (tertiary/aromatic N) is 4. The highest BCUT2D eigenvalue weighted by molar-refractivity contribution is 7.17. The summed E-state index contributed by atoms with van der Waals surface area (Å²) in [4.78, 5) is 42.6. The largest absolute Gasteiger partial charge is 0.360 e. The summed E-state index contributed by atoms with van der Waals surface area (Å²) in [5.41, 5.74) is 2.26. The molecule has 3 aromatic heterocycles. The molecule has 0 atom stereocenters. The summed E-state index contributed by atoms with van der Waals surface area (Å²) in [7, 11) is 2.05. The molecule has 0 aliphatic carbocycles. The zero-order valence-electron chi connectivity index (χ0n) is 17.7. The van der Waals surface area contributed by atoms with Gasteiger partial charge in [-0.1, -0.05) is 6.07 Å². The second-order valence-electron chi connectivity index (χ2n) is 8.20. The van der Waals surface area contributed by atoms with Crippen molar-refractivity contribution >= 4 is 61.4 Å². The van der Waals surface area contributed by atoms with Crippen LogP contribution in [0.1, 0.15) is 11.3 Å². The fraction of sp³-hybridized carbons (Fsp3) is 0.217. The van der Waals surface area contributed by atoms with Gasteiger partial charge in [0.2, 0.25) is 5.95 Å². The fourth-order valence-electron chi connectivity index (χ4n) is 4.43. The molecule has 8 nitrogen and oxygen atoms in total. The van der Waals surface area contributed by atoms with Crippen molar-refractivity contribution in [3.05, 3.63) is 52.9 Å². The van der Waals surface area contributed by atoms with Crippen LogP contribution in [0.3, 0.4) is 0 Å². The van der Waals surface area contributed by atoms with Crippen LogP contribution in [-0.2, 0) is 9.59 Å². The van der Waals surface area contributed by atoms with E-state index in [0.29, 0.717) is 30.1 Å². The van der Waals surface area contributed by atoms with Crippen molar-refractivity contribution in [2.24, 2.45) is 0 Å². The summed E-state index contributed by atoms with van der Waals surface area (Å²) in [6.45, 7) is 3.10. The first-order chi connectivity index (χ1) is 16.0. The second-order valence-corrected chi connectivity index (χ2v) is 9.11. The number of hydrogen-bond donors (Lipinski definition) is 2. The van der Waals surface area contributed by atoms with Gasteiger partial charge >= 0.3 is 0 Å². The Morgan fingerprint density at radius 1 is 1.03 bits per heavy atom. The number of carbonyl (C=O) groups is 2. The van der Waals surface area contributed by atoms with E-state index < -0.39 is 17.6 Å². The van der Waals surface area contributed by atoms with E-state index in [4.69, 9.17) is 0 Å². The third-order valence-electron chi connectivity index (χ3n) is 6.17. The molecule has 0 bridgehead atoms. The van der Waals surface area contributed by atoms with Crippen molar-refractivity contribution in [2.75, 3.05) is 38.1 Å². The van der Waals surface area contributed by atoms with Crippen LogP contribution >= 0.6 is 11.3 Å². The zero-order chi connectivity index (χ0) is 22.7. The molecule has 2 aliphatic heterocycles. The lowest BCUT2D eigenvalue weighted by Gasteiger charge is -2.32. The number of halogens is 1. The summed E-state index contributed by atoms with van der Waals surface area (Å²) in [6, 6.07) is 6.50. The van der Waals surface area contributed by atoms with E-state index in [1.165, 1.54) is 17.4 Å². The van der Waals surface area contributed by atoms with Gasteiger partial charge in [0.15, 0.2) is 0 Å². The lowest BCUT2D eigenvalue weighted by molar-refractivity contribution is -0.122. The van der Waals surface area contributed by atoms with E-state index in [-0.39, 0.29) is 22.2 Å². The van der Waals surface area contributed by atoms with Crippen molar-refractivity contribution in [1.29, 1.82) is 0 Å². The first kappa shape index (κ1) is 20.0. The van der Waals surface area contributed by atoms with Gasteiger partial charge in [-0.15, -0.1) is 11.3 Å². The monoisotopic (exact) mass is 462 g/mol. The Hall–Kier alpha value is -3.63. The van der Waals surface area contributed by atoms with Crippen molar-refractivity contribution in [3.63, 3.8) is 0 Å². The highest BCUT2D eigenvalue weighted by Gasteiger charge is 2.36. The molecule has 33 heavy (non-hydrogen) atoms. The molecule has 1 fully saturated rings. The normalized spacial score (nSPS) is 17.6. The molecule has 1 saturated heterocycles. The van der Waals surface area contributed by atoms with E-state index >= 15 is 4.39 Å². The molecule has 6 rings (SSSR count). The van der Waals surface area contributed by atoms with Crippen LogP contribution in [0.15, 0.2) is 35.8 Å². The van der Waals surface area contributed by atoms with Crippen molar-refractivity contribution in [1.82, 2.24) is 25.2 Å². The van der Waals surface area contributed by atoms with Crippen LogP contribution in [0.25, 0.3) is 32.3 Å². The molecule has 0 unspecified atom stereocenters. The molecule has 0 radical (unpaired) electrons. The number of thiophene rings is 1. The van der Waals surface area contributed by atoms with Crippen LogP contribution in [0.5, 0.6) is 0 Å². The van der Waals surface area contributed by atoms with E-state index in [9.17, 15) is 9.59 Å². The number of piperazine rings is 1. The van der Waals surface area contributed by atoms with Crippen molar-refractivity contribution in [2.45, 2.75) is 0 Å². The number of hydrogen-bond acceptors (Lipinski definition) is 7. The maximum absolute atomic E-state index is 15.1. The molecule has 2 N–H and O–H groups in total. The number of nitrogens with one attached hydrogen (secondary N) is 2. The van der Waals surface area contributed by atoms with Gasteiger partial charge in [-0.2, -0.15) is 0 Å². The molecule has 2 amide bonds. The molecule has 166 valence electrons. The Morgan fingerprint density at radius 3 is 2.64 bits per heavy atom. The topological polar surface area (TPSA) is 94.2 Å². The summed E-state index contributed by atoms with van der Waals surface area (Å²) in [5.74, 6) is -1.23. The SMILES string of the molecule is CN1CCN(c2nc(C3=C(c4c[nH]c5ccsc45)C(=O)NC3=O)c3c(F)cccc3n2)CC1. The molecule has 0 spiro atoms. The number of benzene rings is 1. The minimum Gasteiger partial charge on any atom is -0.360 e. The first-order valence-corrected chi connectivity index (χ1v) is 11.4. The van der Waals surface area contributed by atoms with E-state index in [1.54, 1.807) is 18.3 Å². The van der Waals surface area contributed by atoms with Gasteiger partial charge in [-0.3, -0.25) is 14.9 Å². The maximum Gasteiger partial charge on any atom is 0.261 e. The molecule has 5 heterocycles. The maximum atomic E-state index is 15.1. The Balaban J connectivity index is 1.63. The number of imide groups is 1. The summed E-state index contributed by atoms with van der Waals surface area (Å²) >= 11 is 1.46. The van der Waals surface area contributed by atoms with Gasteiger partial charge in [-0.05, 0) is 30.6 Å². The van der Waals surface area contributed by atoms with E-state index in [1.807, 2.05) is 23.4 Å². The van der Waals surface area contributed by atoms with Crippen LogP contribution in [0.2, 0.25) is 0 Å². The number of H-pyrrole nitrogens is 1. The molecule has 1 aromatic carbocycles. The number of aromatic nitrogens is 3. The number of amides is 2. The Bertz CT molecular complexity index is 1480. The molecule has 10 heteroatoms. The third kappa shape index (κ3) is 3.13. The third-order valence-corrected chi connectivity index (χ3v) is 7.11. The quantitative estimate of drug-likeness (QED) is 0.455. The zero-order valence-corrected chi connectivity index (χ0v) is 18.5. The number of fused-ring (bicyclic) bond motifs is 2. The number of anilines is 1. The molecule has 4 aromatic rings. The standard InChI is InChI=1S/C23H19FN6O2S/c1-29-6-8-30(9-7-29)23-26-14-4-2-3-13(24)17(14)19(27-23)18-16(21(31)28-22(18)32)12-11-25-15-5-10-33-20(12)15/h2-5,10-11,25H,6-9H2,1H3,(H,28,31,32). The minimum absolute atomic E-state index is 0.0715. The van der Waals surface area contributed by atoms with Crippen molar-refractivity contribution in [3.8, 4) is 0 Å². The summed E-state index contributed by atoms with van der Waals surface area (Å²) in [6.07, 6.45) is 1.70. The number of rotatable bonds is 3. The predicted molar refractivity (Wildman–Crippen MR) is 125 cm³/mol. The average molecular weight is 463 g/mol.